The van der Waals surface area contributed by atoms with E-state index >= 15 is 0 Å². The second-order valence-electron chi connectivity index (χ2n) is 3.03. The fraction of sp³-hybridized carbons (Fsp3) is 0.200. The fourth-order valence-electron chi connectivity index (χ4n) is 1.11. The predicted octanol–water partition coefficient (Wildman–Crippen LogP) is 1.38. The number of nitrogens with zero attached hydrogens (tertiary/aromatic N) is 1. The highest BCUT2D eigenvalue weighted by molar-refractivity contribution is 5.87. The van der Waals surface area contributed by atoms with Gasteiger partial charge in [0.2, 0.25) is 0 Å². The largest absolute Gasteiger partial charge is 0.478 e. The Labute approximate surface area is 82.1 Å². The molecule has 0 aliphatic carbocycles. The molecular weight excluding hydrogens is 180 g/mol. The molecule has 0 atom stereocenters. The highest BCUT2D eigenvalue weighted by Gasteiger charge is 2.04. The van der Waals surface area contributed by atoms with E-state index in [0.29, 0.717) is 11.3 Å². The van der Waals surface area contributed by atoms with Crippen molar-refractivity contribution in [3.8, 4) is 0 Å². The van der Waals surface area contributed by atoms with Crippen LogP contribution in [0, 0.1) is 13.8 Å². The Kier molecular flexibility index (Phi) is 2.86. The van der Waals surface area contributed by atoms with Crippen molar-refractivity contribution >= 4 is 17.7 Å². The average molecular weight is 192 g/mol. The molecule has 0 unspecified atom stereocenters. The minimum atomic E-state index is -0.995. The Morgan fingerprint density at radius 1 is 1.57 bits per heavy atom. The molecule has 0 aliphatic rings. The van der Waals surface area contributed by atoms with Gasteiger partial charge in [0.05, 0.1) is 0 Å². The van der Waals surface area contributed by atoms with Gasteiger partial charge in [-0.05, 0) is 25.5 Å². The number of carboxylic acids is 1. The molecule has 0 bridgehead atoms. The van der Waals surface area contributed by atoms with Crippen molar-refractivity contribution in [2.24, 2.45) is 0 Å². The zero-order valence-electron chi connectivity index (χ0n) is 8.11. The maximum atomic E-state index is 10.3. The molecule has 0 radical (unpaired) electrons. The predicted molar refractivity (Wildman–Crippen MR) is 54.8 cm³/mol. The molecule has 1 aromatic heterocycles. The van der Waals surface area contributed by atoms with E-state index in [4.69, 9.17) is 10.8 Å². The standard InChI is InChI=1S/C10H12N2O2/c1-6-5-12-7(2)8(10(6)11)3-4-9(13)14/h3-5H,1-2H3,(H2,11,12)(H,13,14)/b4-3+. The molecule has 0 amide bonds. The Morgan fingerprint density at radius 2 is 2.21 bits per heavy atom. The van der Waals surface area contributed by atoms with Crippen LogP contribution in [0.5, 0.6) is 0 Å². The van der Waals surface area contributed by atoms with E-state index in [-0.39, 0.29) is 0 Å². The number of hydrogen-bond donors (Lipinski definition) is 2. The molecule has 74 valence electrons. The van der Waals surface area contributed by atoms with Gasteiger partial charge in [0.15, 0.2) is 0 Å². The Bertz CT molecular complexity index is 397. The second kappa shape index (κ2) is 3.91. The van der Waals surface area contributed by atoms with Gasteiger partial charge in [0.1, 0.15) is 0 Å². The molecule has 3 N–H and O–H groups in total. The van der Waals surface area contributed by atoms with E-state index in [1.54, 1.807) is 13.1 Å². The number of nitrogens with two attached hydrogens (primary N) is 1. The summed E-state index contributed by atoms with van der Waals surface area (Å²) in [5.41, 5.74) is 8.61. The molecule has 4 heteroatoms. The van der Waals surface area contributed by atoms with Gasteiger partial charge in [-0.2, -0.15) is 0 Å². The molecule has 1 aromatic rings. The molecule has 4 nitrogen and oxygen atoms in total. The smallest absolute Gasteiger partial charge is 0.328 e. The number of aliphatic carboxylic acids is 1. The summed E-state index contributed by atoms with van der Waals surface area (Å²) < 4.78 is 0. The normalized spacial score (nSPS) is 10.7. The van der Waals surface area contributed by atoms with E-state index in [1.807, 2.05) is 6.92 Å². The first-order valence-electron chi connectivity index (χ1n) is 4.15. The van der Waals surface area contributed by atoms with Crippen LogP contribution in [-0.2, 0) is 4.79 Å². The molecule has 0 spiro atoms. The van der Waals surface area contributed by atoms with E-state index < -0.39 is 5.97 Å². The third-order valence-electron chi connectivity index (χ3n) is 1.95. The number of aromatic nitrogens is 1. The number of aryl methyl sites for hydroxylation is 2. The summed E-state index contributed by atoms with van der Waals surface area (Å²) in [5, 5.41) is 8.48. The van der Waals surface area contributed by atoms with Crippen molar-refractivity contribution in [1.29, 1.82) is 0 Å². The maximum Gasteiger partial charge on any atom is 0.328 e. The summed E-state index contributed by atoms with van der Waals surface area (Å²) >= 11 is 0. The Balaban J connectivity index is 3.19. The molecule has 0 saturated heterocycles. The number of pyridine rings is 1. The molecule has 1 heterocycles. The lowest BCUT2D eigenvalue weighted by Gasteiger charge is -2.06. The SMILES string of the molecule is Cc1cnc(C)c(/C=C/C(=O)O)c1N. The highest BCUT2D eigenvalue weighted by atomic mass is 16.4. The van der Waals surface area contributed by atoms with Crippen molar-refractivity contribution < 1.29 is 9.90 Å². The summed E-state index contributed by atoms with van der Waals surface area (Å²) in [5.74, 6) is -0.995. The van der Waals surface area contributed by atoms with Gasteiger partial charge in [0.25, 0.3) is 0 Å². The molecule has 0 fully saturated rings. The van der Waals surface area contributed by atoms with Crippen LogP contribution < -0.4 is 5.73 Å². The zero-order chi connectivity index (χ0) is 10.7. The van der Waals surface area contributed by atoms with E-state index in [1.165, 1.54) is 6.08 Å². The van der Waals surface area contributed by atoms with Crippen LogP contribution in [-0.4, -0.2) is 16.1 Å². The molecule has 0 aliphatic heterocycles. The van der Waals surface area contributed by atoms with E-state index in [0.717, 1.165) is 17.3 Å². The van der Waals surface area contributed by atoms with Crippen molar-refractivity contribution in [2.45, 2.75) is 13.8 Å². The number of nitrogen functional groups attached to an aromatic ring is 1. The van der Waals surface area contributed by atoms with Crippen molar-refractivity contribution in [1.82, 2.24) is 4.98 Å². The summed E-state index contributed by atoms with van der Waals surface area (Å²) in [6.07, 6.45) is 4.19. The first kappa shape index (κ1) is 10.2. The maximum absolute atomic E-state index is 10.3. The summed E-state index contributed by atoms with van der Waals surface area (Å²) in [7, 11) is 0. The molecule has 0 saturated carbocycles. The van der Waals surface area contributed by atoms with Crippen LogP contribution in [0.15, 0.2) is 12.3 Å². The highest BCUT2D eigenvalue weighted by Crippen LogP contribution is 2.19. The molecule has 0 aromatic carbocycles. The topological polar surface area (TPSA) is 76.2 Å². The van der Waals surface area contributed by atoms with Gasteiger partial charge in [-0.1, -0.05) is 0 Å². The van der Waals surface area contributed by atoms with Gasteiger partial charge >= 0.3 is 5.97 Å². The lowest BCUT2D eigenvalue weighted by molar-refractivity contribution is -0.131. The number of rotatable bonds is 2. The van der Waals surface area contributed by atoms with Crippen LogP contribution in [0.4, 0.5) is 5.69 Å². The molecule has 1 rings (SSSR count). The Hall–Kier alpha value is -1.84. The summed E-state index contributed by atoms with van der Waals surface area (Å²) in [4.78, 5) is 14.4. The van der Waals surface area contributed by atoms with Gasteiger partial charge in [-0.3, -0.25) is 4.98 Å². The lowest BCUT2D eigenvalue weighted by Crippen LogP contribution is -1.99. The van der Waals surface area contributed by atoms with Gasteiger partial charge < -0.3 is 10.8 Å². The lowest BCUT2D eigenvalue weighted by atomic mass is 10.1. The van der Waals surface area contributed by atoms with Crippen LogP contribution in [0.25, 0.3) is 6.08 Å². The minimum Gasteiger partial charge on any atom is -0.478 e. The van der Waals surface area contributed by atoms with Gasteiger partial charge in [-0.15, -0.1) is 0 Å². The van der Waals surface area contributed by atoms with E-state index in [2.05, 4.69) is 4.98 Å². The third kappa shape index (κ3) is 2.10. The van der Waals surface area contributed by atoms with Crippen LogP contribution >= 0.6 is 0 Å². The molecule has 14 heavy (non-hydrogen) atoms. The van der Waals surface area contributed by atoms with Crippen molar-refractivity contribution in [3.05, 3.63) is 29.1 Å². The number of anilines is 1. The second-order valence-corrected chi connectivity index (χ2v) is 3.03. The number of carbonyl (C=O) groups is 1. The third-order valence-corrected chi connectivity index (χ3v) is 1.95. The van der Waals surface area contributed by atoms with Crippen molar-refractivity contribution in [2.75, 3.05) is 5.73 Å². The number of carboxylic acid groups (broad SMARTS) is 1. The van der Waals surface area contributed by atoms with Gasteiger partial charge in [0, 0.05) is 29.2 Å². The zero-order valence-corrected chi connectivity index (χ0v) is 8.11. The first-order chi connectivity index (χ1) is 6.52. The number of hydrogen-bond acceptors (Lipinski definition) is 3. The first-order valence-corrected chi connectivity index (χ1v) is 4.15. The van der Waals surface area contributed by atoms with Crippen molar-refractivity contribution in [3.63, 3.8) is 0 Å². The van der Waals surface area contributed by atoms with Crippen LogP contribution in [0.1, 0.15) is 16.8 Å². The van der Waals surface area contributed by atoms with Crippen LogP contribution in [0.3, 0.4) is 0 Å². The summed E-state index contributed by atoms with van der Waals surface area (Å²) in [6.45, 7) is 3.62. The molecular formula is C10H12N2O2. The minimum absolute atomic E-state index is 0.579. The summed E-state index contributed by atoms with van der Waals surface area (Å²) in [6, 6.07) is 0. The monoisotopic (exact) mass is 192 g/mol. The van der Waals surface area contributed by atoms with Crippen LogP contribution in [0.2, 0.25) is 0 Å². The van der Waals surface area contributed by atoms with Gasteiger partial charge in [-0.25, -0.2) is 4.79 Å². The Morgan fingerprint density at radius 3 is 2.79 bits per heavy atom. The average Bonchev–Trinajstić information content (AvgIpc) is 2.11. The quantitative estimate of drug-likeness (QED) is 0.694. The van der Waals surface area contributed by atoms with E-state index in [9.17, 15) is 4.79 Å². The fourth-order valence-corrected chi connectivity index (χ4v) is 1.11.